The van der Waals surface area contributed by atoms with Crippen molar-refractivity contribution in [1.82, 2.24) is 14.8 Å². The fourth-order valence-electron chi connectivity index (χ4n) is 4.30. The van der Waals surface area contributed by atoms with Crippen molar-refractivity contribution in [3.8, 4) is 0 Å². The summed E-state index contributed by atoms with van der Waals surface area (Å²) in [6.07, 6.45) is 4.49. The Labute approximate surface area is 205 Å². The first-order valence-electron chi connectivity index (χ1n) is 11.7. The van der Waals surface area contributed by atoms with E-state index in [9.17, 15) is 9.59 Å². The summed E-state index contributed by atoms with van der Waals surface area (Å²) in [5, 5.41) is 0.929. The minimum Gasteiger partial charge on any atom is -0.459 e. The van der Waals surface area contributed by atoms with Crippen molar-refractivity contribution in [2.24, 2.45) is 0 Å². The van der Waals surface area contributed by atoms with Gasteiger partial charge in [0.25, 0.3) is 0 Å². The van der Waals surface area contributed by atoms with Gasteiger partial charge in [0.1, 0.15) is 30.6 Å². The topological polar surface area (TPSA) is 85.1 Å². The van der Waals surface area contributed by atoms with Gasteiger partial charge in [0, 0.05) is 43.0 Å². The van der Waals surface area contributed by atoms with Crippen molar-refractivity contribution in [2.45, 2.75) is 39.0 Å². The summed E-state index contributed by atoms with van der Waals surface area (Å²) in [5.74, 6) is 0.289. The molecule has 1 atom stereocenters. The van der Waals surface area contributed by atoms with Crippen LogP contribution in [-0.4, -0.2) is 59.1 Å². The average molecular weight is 478 g/mol. The third-order valence-electron chi connectivity index (χ3n) is 6.43. The molecule has 1 amide bonds. The maximum atomic E-state index is 13.2. The second kappa shape index (κ2) is 10.3. The molecule has 1 aliphatic heterocycles. The van der Waals surface area contributed by atoms with Gasteiger partial charge in [0.05, 0.1) is 5.54 Å². The van der Waals surface area contributed by atoms with E-state index >= 15 is 0 Å². The SMILES string of the molecule is C=CCOC(=O)N1CCN(C(C)(C)c2cc3cncc(C)c3o2)C[C@H]1C(=O)OCc1ccccc1. The Balaban J connectivity index is 1.56. The van der Waals surface area contributed by atoms with Crippen LogP contribution in [0.1, 0.15) is 30.7 Å². The van der Waals surface area contributed by atoms with Gasteiger partial charge >= 0.3 is 12.1 Å². The maximum absolute atomic E-state index is 13.2. The van der Waals surface area contributed by atoms with Gasteiger partial charge in [-0.1, -0.05) is 43.0 Å². The molecular weight excluding hydrogens is 446 g/mol. The number of furan rings is 1. The van der Waals surface area contributed by atoms with Gasteiger partial charge in [-0.05, 0) is 32.4 Å². The van der Waals surface area contributed by atoms with E-state index in [2.05, 4.69) is 16.5 Å². The molecule has 8 heteroatoms. The van der Waals surface area contributed by atoms with Crippen LogP contribution in [0.4, 0.5) is 4.79 Å². The number of aryl methyl sites for hydroxylation is 1. The molecule has 2 aromatic heterocycles. The number of ether oxygens (including phenoxy) is 2. The zero-order chi connectivity index (χ0) is 25.0. The van der Waals surface area contributed by atoms with Crippen molar-refractivity contribution >= 4 is 23.0 Å². The molecule has 0 bridgehead atoms. The van der Waals surface area contributed by atoms with E-state index in [0.717, 1.165) is 27.9 Å². The van der Waals surface area contributed by atoms with Gasteiger partial charge in [-0.3, -0.25) is 14.8 Å². The largest absolute Gasteiger partial charge is 0.459 e. The number of esters is 1. The lowest BCUT2D eigenvalue weighted by molar-refractivity contribution is -0.154. The molecule has 0 unspecified atom stereocenters. The van der Waals surface area contributed by atoms with Gasteiger partial charge in [-0.2, -0.15) is 0 Å². The Bertz CT molecular complexity index is 1200. The Morgan fingerprint density at radius 3 is 2.69 bits per heavy atom. The summed E-state index contributed by atoms with van der Waals surface area (Å²) in [7, 11) is 0. The van der Waals surface area contributed by atoms with Crippen LogP contribution >= 0.6 is 0 Å². The van der Waals surface area contributed by atoms with E-state index in [1.807, 2.05) is 57.2 Å². The number of hydrogen-bond acceptors (Lipinski definition) is 7. The fourth-order valence-corrected chi connectivity index (χ4v) is 4.30. The van der Waals surface area contributed by atoms with Crippen LogP contribution in [0, 0.1) is 6.92 Å². The molecule has 0 N–H and O–H groups in total. The summed E-state index contributed by atoms with van der Waals surface area (Å²) in [6.45, 7) is 11.0. The number of pyridine rings is 1. The highest BCUT2D eigenvalue weighted by atomic mass is 16.6. The van der Waals surface area contributed by atoms with Gasteiger partial charge < -0.3 is 13.9 Å². The fraction of sp³-hybridized carbons (Fsp3) is 0.370. The second-order valence-corrected chi connectivity index (χ2v) is 9.16. The van der Waals surface area contributed by atoms with Crippen LogP contribution in [0.3, 0.4) is 0 Å². The molecule has 184 valence electrons. The van der Waals surface area contributed by atoms with E-state index in [1.165, 1.54) is 11.0 Å². The van der Waals surface area contributed by atoms with E-state index in [0.29, 0.717) is 13.1 Å². The lowest BCUT2D eigenvalue weighted by Crippen LogP contribution is -2.62. The van der Waals surface area contributed by atoms with Crippen molar-refractivity contribution in [1.29, 1.82) is 0 Å². The summed E-state index contributed by atoms with van der Waals surface area (Å²) in [5.41, 5.74) is 2.09. The smallest absolute Gasteiger partial charge is 0.410 e. The van der Waals surface area contributed by atoms with Crippen molar-refractivity contribution in [3.63, 3.8) is 0 Å². The van der Waals surface area contributed by atoms with Crippen LogP contribution in [0.15, 0.2) is 65.9 Å². The Morgan fingerprint density at radius 2 is 1.97 bits per heavy atom. The highest BCUT2D eigenvalue weighted by molar-refractivity contribution is 5.82. The van der Waals surface area contributed by atoms with Crippen LogP contribution < -0.4 is 0 Å². The maximum Gasteiger partial charge on any atom is 0.410 e. The van der Waals surface area contributed by atoms with Crippen molar-refractivity contribution in [2.75, 3.05) is 26.2 Å². The number of aromatic nitrogens is 1. The first-order chi connectivity index (χ1) is 16.8. The standard InChI is InChI=1S/C27H31N3O5/c1-5-13-33-26(32)30-12-11-29(17-22(30)25(31)34-18-20-9-7-6-8-10-20)27(3,4)23-14-21-16-28-15-19(2)24(21)35-23/h5-10,14-16,22H,1,11-13,17-18H2,2-4H3/t22-/m0/s1. The Kier molecular flexibility index (Phi) is 7.21. The summed E-state index contributed by atoms with van der Waals surface area (Å²) in [4.78, 5) is 33.8. The predicted molar refractivity (Wildman–Crippen MR) is 132 cm³/mol. The zero-order valence-electron chi connectivity index (χ0n) is 20.4. The van der Waals surface area contributed by atoms with Crippen LogP contribution in [0.5, 0.6) is 0 Å². The quantitative estimate of drug-likeness (QED) is 0.368. The van der Waals surface area contributed by atoms with E-state index < -0.39 is 23.6 Å². The number of carbonyl (C=O) groups is 2. The summed E-state index contributed by atoms with van der Waals surface area (Å²) in [6, 6.07) is 10.6. The van der Waals surface area contributed by atoms with Crippen molar-refractivity contribution < 1.29 is 23.5 Å². The number of piperazine rings is 1. The van der Waals surface area contributed by atoms with E-state index in [4.69, 9.17) is 13.9 Å². The molecule has 1 aliphatic rings. The molecule has 0 radical (unpaired) electrons. The molecule has 8 nitrogen and oxygen atoms in total. The molecule has 0 aliphatic carbocycles. The van der Waals surface area contributed by atoms with E-state index in [1.54, 1.807) is 12.4 Å². The van der Waals surface area contributed by atoms with Gasteiger partial charge in [-0.15, -0.1) is 0 Å². The molecule has 1 saturated heterocycles. The molecule has 1 aromatic carbocycles. The van der Waals surface area contributed by atoms with Gasteiger partial charge in [-0.25, -0.2) is 9.59 Å². The molecule has 3 aromatic rings. The van der Waals surface area contributed by atoms with E-state index in [-0.39, 0.29) is 19.8 Å². The second-order valence-electron chi connectivity index (χ2n) is 9.16. The normalized spacial score (nSPS) is 16.8. The minimum atomic E-state index is -0.822. The number of fused-ring (bicyclic) bond motifs is 1. The highest BCUT2D eigenvalue weighted by Crippen LogP contribution is 2.35. The van der Waals surface area contributed by atoms with Gasteiger partial charge in [0.2, 0.25) is 0 Å². The number of nitrogens with zero attached hydrogens (tertiary/aromatic N) is 3. The van der Waals surface area contributed by atoms with Crippen LogP contribution in [0.2, 0.25) is 0 Å². The lowest BCUT2D eigenvalue weighted by Gasteiger charge is -2.45. The molecule has 4 rings (SSSR count). The summed E-state index contributed by atoms with van der Waals surface area (Å²) >= 11 is 0. The third-order valence-corrected chi connectivity index (χ3v) is 6.43. The monoisotopic (exact) mass is 477 g/mol. The number of hydrogen-bond donors (Lipinski definition) is 0. The highest BCUT2D eigenvalue weighted by Gasteiger charge is 2.43. The number of carbonyl (C=O) groups excluding carboxylic acids is 2. The minimum absolute atomic E-state index is 0.0721. The van der Waals surface area contributed by atoms with Crippen LogP contribution in [0.25, 0.3) is 11.0 Å². The molecule has 35 heavy (non-hydrogen) atoms. The first kappa shape index (κ1) is 24.5. The predicted octanol–water partition coefficient (Wildman–Crippen LogP) is 4.42. The third kappa shape index (κ3) is 5.22. The van der Waals surface area contributed by atoms with Crippen LogP contribution in [-0.2, 0) is 26.4 Å². The Morgan fingerprint density at radius 1 is 1.20 bits per heavy atom. The Hall–Kier alpha value is -3.65. The number of benzene rings is 1. The molecular formula is C27H31N3O5. The van der Waals surface area contributed by atoms with Crippen molar-refractivity contribution in [3.05, 3.63) is 78.3 Å². The molecule has 1 fully saturated rings. The number of amides is 1. The van der Waals surface area contributed by atoms with Gasteiger partial charge in [0.15, 0.2) is 0 Å². The lowest BCUT2D eigenvalue weighted by atomic mass is 9.96. The summed E-state index contributed by atoms with van der Waals surface area (Å²) < 4.78 is 17.1. The zero-order valence-corrected chi connectivity index (χ0v) is 20.4. The average Bonchev–Trinajstić information content (AvgIpc) is 3.33. The first-order valence-corrected chi connectivity index (χ1v) is 11.7. The molecule has 0 saturated carbocycles. The molecule has 0 spiro atoms. The molecule has 3 heterocycles. The number of rotatable bonds is 7.